The summed E-state index contributed by atoms with van der Waals surface area (Å²) < 4.78 is 6.32. The lowest BCUT2D eigenvalue weighted by Gasteiger charge is -2.11. The number of carbonyl (C=O) groups is 1. The zero-order chi connectivity index (χ0) is 17.4. The fraction of sp³-hybridized carbons (Fsp3) is 0.222. The smallest absolute Gasteiger partial charge is 0.264 e. The van der Waals surface area contributed by atoms with Crippen molar-refractivity contribution >= 4 is 44.0 Å². The average Bonchev–Trinajstić information content (AvgIpc) is 3.31. The number of hydrogen-bond donors (Lipinski definition) is 0. The molecule has 0 radical (unpaired) electrons. The van der Waals surface area contributed by atoms with Crippen LogP contribution < -0.4 is 5.01 Å². The molecule has 0 saturated heterocycles. The van der Waals surface area contributed by atoms with Crippen molar-refractivity contribution < 1.29 is 9.21 Å². The third-order valence-electron chi connectivity index (χ3n) is 4.08. The van der Waals surface area contributed by atoms with Crippen LogP contribution in [-0.4, -0.2) is 22.3 Å². The Balaban J connectivity index is 1.59. The lowest BCUT2D eigenvalue weighted by Crippen LogP contribution is -2.31. The number of aliphatic imine (C=N–C) groups is 1. The average molecular weight is 352 g/mol. The van der Waals surface area contributed by atoms with Crippen LogP contribution in [0.15, 0.2) is 57.2 Å². The number of rotatable bonds is 4. The summed E-state index contributed by atoms with van der Waals surface area (Å²) in [5.41, 5.74) is 2.33. The molecule has 6 nitrogen and oxygen atoms in total. The van der Waals surface area contributed by atoms with Gasteiger partial charge in [0.05, 0.1) is 28.7 Å². The molecule has 1 aliphatic rings. The third-order valence-corrected chi connectivity index (χ3v) is 5.09. The summed E-state index contributed by atoms with van der Waals surface area (Å²) in [7, 11) is 0. The molecule has 3 heterocycles. The van der Waals surface area contributed by atoms with Crippen molar-refractivity contribution in [3.63, 3.8) is 0 Å². The van der Waals surface area contributed by atoms with E-state index in [1.165, 1.54) is 16.3 Å². The van der Waals surface area contributed by atoms with Gasteiger partial charge >= 0.3 is 0 Å². The number of benzene rings is 1. The summed E-state index contributed by atoms with van der Waals surface area (Å²) in [6.07, 6.45) is 1.61. The fourth-order valence-electron chi connectivity index (χ4n) is 2.83. The molecule has 1 atom stereocenters. The van der Waals surface area contributed by atoms with Crippen molar-refractivity contribution in [3.8, 4) is 0 Å². The molecular formula is C18H16N4O2S. The molecule has 0 aliphatic carbocycles. The van der Waals surface area contributed by atoms with Crippen LogP contribution in [0, 0.1) is 5.92 Å². The van der Waals surface area contributed by atoms with Crippen molar-refractivity contribution in [2.45, 2.75) is 20.4 Å². The van der Waals surface area contributed by atoms with Gasteiger partial charge in [0.1, 0.15) is 11.7 Å². The molecule has 0 saturated carbocycles. The Morgan fingerprint density at radius 3 is 2.92 bits per heavy atom. The summed E-state index contributed by atoms with van der Waals surface area (Å²) in [4.78, 5) is 21.9. The van der Waals surface area contributed by atoms with Crippen molar-refractivity contribution in [1.29, 1.82) is 0 Å². The van der Waals surface area contributed by atoms with E-state index < -0.39 is 5.92 Å². The van der Waals surface area contributed by atoms with Crippen LogP contribution in [0.3, 0.4) is 0 Å². The summed E-state index contributed by atoms with van der Waals surface area (Å²) >= 11 is 1.46. The fourth-order valence-corrected chi connectivity index (χ4v) is 3.75. The standard InChI is InChI=1S/C18H16N4O2S/c1-11(19-10-13-6-5-9-24-13)16-12(2)21-22(17(16)23)18-20-14-7-3-4-8-15(14)25-18/h3-9,16H,10H2,1-2H3/t16-/m0/s1. The lowest BCUT2D eigenvalue weighted by molar-refractivity contribution is -0.118. The molecule has 2 aromatic heterocycles. The highest BCUT2D eigenvalue weighted by atomic mass is 32.1. The molecule has 3 aromatic rings. The minimum atomic E-state index is -0.443. The van der Waals surface area contributed by atoms with Gasteiger partial charge in [-0.3, -0.25) is 9.79 Å². The van der Waals surface area contributed by atoms with Crippen LogP contribution in [-0.2, 0) is 11.3 Å². The second-order valence-corrected chi connectivity index (χ2v) is 6.83. The normalized spacial score (nSPS) is 18.2. The van der Waals surface area contributed by atoms with E-state index >= 15 is 0 Å². The molecule has 1 aliphatic heterocycles. The van der Waals surface area contributed by atoms with Gasteiger partial charge in [0.15, 0.2) is 0 Å². The van der Waals surface area contributed by atoms with Gasteiger partial charge in [0.2, 0.25) is 5.13 Å². The van der Waals surface area contributed by atoms with Gasteiger partial charge in [0, 0.05) is 5.71 Å². The van der Waals surface area contributed by atoms with E-state index in [1.54, 1.807) is 6.26 Å². The van der Waals surface area contributed by atoms with Crippen LogP contribution in [0.1, 0.15) is 19.6 Å². The first-order valence-corrected chi connectivity index (χ1v) is 8.73. The zero-order valence-electron chi connectivity index (χ0n) is 13.8. The van der Waals surface area contributed by atoms with E-state index in [0.29, 0.717) is 11.7 Å². The van der Waals surface area contributed by atoms with E-state index in [4.69, 9.17) is 4.42 Å². The Morgan fingerprint density at radius 2 is 2.16 bits per heavy atom. The molecule has 1 amide bonds. The van der Waals surface area contributed by atoms with Gasteiger partial charge in [0.25, 0.3) is 5.91 Å². The van der Waals surface area contributed by atoms with Crippen LogP contribution >= 0.6 is 11.3 Å². The minimum absolute atomic E-state index is 0.114. The maximum Gasteiger partial charge on any atom is 0.264 e. The summed E-state index contributed by atoms with van der Waals surface area (Å²) in [6.45, 7) is 4.12. The number of anilines is 1. The van der Waals surface area contributed by atoms with Gasteiger partial charge < -0.3 is 4.42 Å². The molecular weight excluding hydrogens is 336 g/mol. The van der Waals surface area contributed by atoms with E-state index in [1.807, 2.05) is 50.2 Å². The number of amides is 1. The van der Waals surface area contributed by atoms with Crippen LogP contribution in [0.25, 0.3) is 10.2 Å². The van der Waals surface area contributed by atoms with E-state index in [2.05, 4.69) is 15.1 Å². The first-order valence-electron chi connectivity index (χ1n) is 7.91. The monoisotopic (exact) mass is 352 g/mol. The molecule has 7 heteroatoms. The van der Waals surface area contributed by atoms with Crippen molar-refractivity contribution in [1.82, 2.24) is 4.98 Å². The topological polar surface area (TPSA) is 71.1 Å². The van der Waals surface area contributed by atoms with Crippen LogP contribution in [0.5, 0.6) is 0 Å². The molecule has 0 N–H and O–H groups in total. The van der Waals surface area contributed by atoms with Crippen molar-refractivity contribution in [2.24, 2.45) is 16.0 Å². The number of furan rings is 1. The molecule has 0 bridgehead atoms. The Kier molecular flexibility index (Phi) is 3.93. The number of hydrogen-bond acceptors (Lipinski definition) is 6. The van der Waals surface area contributed by atoms with Crippen LogP contribution in [0.2, 0.25) is 0 Å². The maximum atomic E-state index is 12.9. The van der Waals surface area contributed by atoms with Crippen molar-refractivity contribution in [3.05, 3.63) is 48.4 Å². The largest absolute Gasteiger partial charge is 0.467 e. The Hall–Kier alpha value is -2.80. The number of hydrazone groups is 1. The second-order valence-electron chi connectivity index (χ2n) is 5.83. The number of para-hydroxylation sites is 1. The number of fused-ring (bicyclic) bond motifs is 1. The zero-order valence-corrected chi connectivity index (χ0v) is 14.7. The van der Waals surface area contributed by atoms with E-state index in [9.17, 15) is 4.79 Å². The maximum absolute atomic E-state index is 12.9. The number of aromatic nitrogens is 1. The highest BCUT2D eigenvalue weighted by Gasteiger charge is 2.37. The van der Waals surface area contributed by atoms with E-state index in [0.717, 1.165) is 27.4 Å². The molecule has 0 unspecified atom stereocenters. The molecule has 25 heavy (non-hydrogen) atoms. The van der Waals surface area contributed by atoms with E-state index in [-0.39, 0.29) is 5.91 Å². The van der Waals surface area contributed by atoms with Gasteiger partial charge in [-0.15, -0.1) is 0 Å². The number of nitrogens with zero attached hydrogens (tertiary/aromatic N) is 4. The third kappa shape index (κ3) is 2.87. The number of thiazole rings is 1. The second kappa shape index (κ2) is 6.25. The van der Waals surface area contributed by atoms with Gasteiger partial charge in [-0.25, -0.2) is 4.98 Å². The Morgan fingerprint density at radius 1 is 1.32 bits per heavy atom. The van der Waals surface area contributed by atoms with Gasteiger partial charge in [-0.2, -0.15) is 10.1 Å². The SMILES string of the molecule is CC(=NCc1ccco1)[C@@H]1C(=O)N(c2nc3ccccc3s2)N=C1C. The van der Waals surface area contributed by atoms with Gasteiger partial charge in [-0.1, -0.05) is 23.5 Å². The predicted octanol–water partition coefficient (Wildman–Crippen LogP) is 3.89. The summed E-state index contributed by atoms with van der Waals surface area (Å²) in [6, 6.07) is 11.5. The predicted molar refractivity (Wildman–Crippen MR) is 99.2 cm³/mol. The quantitative estimate of drug-likeness (QED) is 0.669. The number of carbonyl (C=O) groups excluding carboxylic acids is 1. The molecule has 126 valence electrons. The first-order chi connectivity index (χ1) is 12.1. The molecule has 0 fully saturated rings. The Bertz CT molecular complexity index is 955. The van der Waals surface area contributed by atoms with Crippen molar-refractivity contribution in [2.75, 3.05) is 5.01 Å². The molecule has 0 spiro atoms. The Labute approximate surface area is 148 Å². The highest BCUT2D eigenvalue weighted by molar-refractivity contribution is 7.22. The summed E-state index contributed by atoms with van der Waals surface area (Å²) in [5.74, 6) is 0.210. The summed E-state index contributed by atoms with van der Waals surface area (Å²) in [5, 5.41) is 6.42. The molecule has 4 rings (SSSR count). The van der Waals surface area contributed by atoms with Crippen LogP contribution in [0.4, 0.5) is 5.13 Å². The van der Waals surface area contributed by atoms with Gasteiger partial charge in [-0.05, 0) is 38.1 Å². The first kappa shape index (κ1) is 15.7. The molecule has 1 aromatic carbocycles. The lowest BCUT2D eigenvalue weighted by atomic mass is 9.99. The minimum Gasteiger partial charge on any atom is -0.467 e. The highest BCUT2D eigenvalue weighted by Crippen LogP contribution is 2.32.